The van der Waals surface area contributed by atoms with Crippen LogP contribution < -0.4 is 11.1 Å². The molecule has 1 unspecified atom stereocenters. The van der Waals surface area contributed by atoms with E-state index in [1.165, 1.54) is 18.7 Å². The van der Waals surface area contributed by atoms with E-state index in [0.29, 0.717) is 40.3 Å². The lowest BCUT2D eigenvalue weighted by Crippen LogP contribution is -2.34. The van der Waals surface area contributed by atoms with Crippen molar-refractivity contribution in [3.05, 3.63) is 35.3 Å². The number of aliphatic hydroxyl groups is 2. The Morgan fingerprint density at radius 2 is 2.14 bits per heavy atom. The van der Waals surface area contributed by atoms with Gasteiger partial charge in [-0.3, -0.25) is 0 Å². The Morgan fingerprint density at radius 3 is 2.77 bits per heavy atom. The van der Waals surface area contributed by atoms with Crippen molar-refractivity contribution in [2.24, 2.45) is 0 Å². The van der Waals surface area contributed by atoms with E-state index in [1.807, 2.05) is 0 Å². The molecule has 1 fully saturated rings. The van der Waals surface area contributed by atoms with Crippen LogP contribution in [0.25, 0.3) is 10.8 Å². The molecule has 0 spiro atoms. The number of anilines is 1. The summed E-state index contributed by atoms with van der Waals surface area (Å²) < 4.78 is 14.5. The molecule has 5 N–H and O–H groups in total. The molecular formula is C16H20FN3O2. The predicted octanol–water partition coefficient (Wildman–Crippen LogP) is 1.62. The van der Waals surface area contributed by atoms with Gasteiger partial charge >= 0.3 is 0 Å². The van der Waals surface area contributed by atoms with Crippen LogP contribution in [0.3, 0.4) is 0 Å². The van der Waals surface area contributed by atoms with Gasteiger partial charge in [-0.25, -0.2) is 9.37 Å². The van der Waals surface area contributed by atoms with Crippen molar-refractivity contribution >= 4 is 16.6 Å². The summed E-state index contributed by atoms with van der Waals surface area (Å²) in [7, 11) is 0. The van der Waals surface area contributed by atoms with E-state index in [0.717, 1.165) is 12.8 Å². The lowest BCUT2D eigenvalue weighted by Gasteiger charge is -2.27. The molecule has 1 aromatic heterocycles. The fraction of sp³-hybridized carbons (Fsp3) is 0.438. The van der Waals surface area contributed by atoms with Gasteiger partial charge in [0, 0.05) is 29.7 Å². The molecule has 1 heterocycles. The van der Waals surface area contributed by atoms with E-state index in [4.69, 9.17) is 10.8 Å². The van der Waals surface area contributed by atoms with Gasteiger partial charge in [-0.15, -0.1) is 0 Å². The predicted molar refractivity (Wildman–Crippen MR) is 82.6 cm³/mol. The Kier molecular flexibility index (Phi) is 4.24. The zero-order chi connectivity index (χ0) is 15.7. The van der Waals surface area contributed by atoms with Crippen LogP contribution in [-0.2, 0) is 6.54 Å². The first-order valence-corrected chi connectivity index (χ1v) is 7.49. The van der Waals surface area contributed by atoms with Crippen molar-refractivity contribution in [3.8, 4) is 0 Å². The first-order valence-electron chi connectivity index (χ1n) is 7.49. The minimum Gasteiger partial charge on any atom is -0.393 e. The smallest absolute Gasteiger partial charge is 0.128 e. The highest BCUT2D eigenvalue weighted by atomic mass is 19.1. The molecular weight excluding hydrogens is 285 g/mol. The first kappa shape index (κ1) is 15.1. The molecule has 6 heteroatoms. The second-order valence-electron chi connectivity index (χ2n) is 5.79. The lowest BCUT2D eigenvalue weighted by atomic mass is 9.92. The summed E-state index contributed by atoms with van der Waals surface area (Å²) >= 11 is 0. The van der Waals surface area contributed by atoms with E-state index in [-0.39, 0.29) is 0 Å². The molecule has 3 rings (SSSR count). The summed E-state index contributed by atoms with van der Waals surface area (Å²) in [6.07, 6.45) is 3.82. The normalized spacial score (nSPS) is 16.7. The number of benzene rings is 1. The van der Waals surface area contributed by atoms with Crippen molar-refractivity contribution in [1.82, 2.24) is 10.3 Å². The van der Waals surface area contributed by atoms with Gasteiger partial charge in [-0.05, 0) is 35.9 Å². The Bertz CT molecular complexity index is 689. The van der Waals surface area contributed by atoms with E-state index in [1.54, 1.807) is 6.07 Å². The van der Waals surface area contributed by atoms with E-state index in [9.17, 15) is 9.50 Å². The van der Waals surface area contributed by atoms with Crippen LogP contribution in [0.5, 0.6) is 0 Å². The number of aromatic nitrogens is 1. The number of nitrogens with two attached hydrogens (primary N) is 1. The average Bonchev–Trinajstić information content (AvgIpc) is 2.46. The summed E-state index contributed by atoms with van der Waals surface area (Å²) in [5, 5.41) is 23.6. The third-order valence-corrected chi connectivity index (χ3v) is 4.34. The number of hydrogen-bond acceptors (Lipinski definition) is 5. The van der Waals surface area contributed by atoms with Gasteiger partial charge in [0.15, 0.2) is 0 Å². The summed E-state index contributed by atoms with van der Waals surface area (Å²) in [6.45, 7) is -0.0649. The molecule has 0 aliphatic heterocycles. The maximum atomic E-state index is 14.5. The van der Waals surface area contributed by atoms with Gasteiger partial charge < -0.3 is 21.3 Å². The topological polar surface area (TPSA) is 91.4 Å². The molecule has 0 bridgehead atoms. The quantitative estimate of drug-likeness (QED) is 0.674. The monoisotopic (exact) mass is 305 g/mol. The molecule has 118 valence electrons. The Labute approximate surface area is 128 Å². The van der Waals surface area contributed by atoms with E-state index < -0.39 is 18.5 Å². The van der Waals surface area contributed by atoms with Crippen molar-refractivity contribution < 1.29 is 14.6 Å². The van der Waals surface area contributed by atoms with Crippen LogP contribution in [0.4, 0.5) is 10.2 Å². The highest BCUT2D eigenvalue weighted by Gasteiger charge is 2.20. The fourth-order valence-electron chi connectivity index (χ4n) is 2.79. The van der Waals surface area contributed by atoms with Gasteiger partial charge in [0.05, 0.1) is 6.61 Å². The van der Waals surface area contributed by atoms with Crippen LogP contribution in [-0.4, -0.2) is 27.8 Å². The minimum absolute atomic E-state index is 0.299. The summed E-state index contributed by atoms with van der Waals surface area (Å²) in [5.41, 5.74) is 6.58. The number of halogens is 1. The summed E-state index contributed by atoms with van der Waals surface area (Å²) in [5.74, 6) is -0.111. The number of nitrogens with one attached hydrogen (secondary N) is 1. The van der Waals surface area contributed by atoms with E-state index >= 15 is 0 Å². The third kappa shape index (κ3) is 2.77. The molecule has 2 aromatic rings. The molecule has 1 saturated carbocycles. The van der Waals surface area contributed by atoms with Gasteiger partial charge in [0.2, 0.25) is 0 Å². The number of pyridine rings is 1. The number of aliphatic hydroxyl groups excluding tert-OH is 2. The fourth-order valence-corrected chi connectivity index (χ4v) is 2.79. The molecule has 1 aliphatic rings. The van der Waals surface area contributed by atoms with Crippen LogP contribution in [0.1, 0.15) is 36.5 Å². The zero-order valence-electron chi connectivity index (χ0n) is 12.2. The summed E-state index contributed by atoms with van der Waals surface area (Å²) in [4.78, 5) is 4.02. The molecule has 0 radical (unpaired) electrons. The Morgan fingerprint density at radius 1 is 1.36 bits per heavy atom. The minimum atomic E-state index is -1.14. The van der Waals surface area contributed by atoms with Crippen LogP contribution >= 0.6 is 0 Å². The van der Waals surface area contributed by atoms with Gasteiger partial charge in [-0.2, -0.15) is 0 Å². The number of hydrogen-bond donors (Lipinski definition) is 4. The molecule has 5 nitrogen and oxygen atoms in total. The maximum absolute atomic E-state index is 14.5. The number of fused-ring (bicyclic) bond motifs is 1. The van der Waals surface area contributed by atoms with Crippen LogP contribution in [0.2, 0.25) is 0 Å². The largest absolute Gasteiger partial charge is 0.393 e. The zero-order valence-corrected chi connectivity index (χ0v) is 12.2. The number of rotatable bonds is 5. The maximum Gasteiger partial charge on any atom is 0.128 e. The second kappa shape index (κ2) is 6.16. The molecule has 0 saturated heterocycles. The Balaban J connectivity index is 2.06. The van der Waals surface area contributed by atoms with Gasteiger partial charge in [0.25, 0.3) is 0 Å². The van der Waals surface area contributed by atoms with Crippen molar-refractivity contribution in [1.29, 1.82) is 0 Å². The van der Waals surface area contributed by atoms with Crippen molar-refractivity contribution in [3.63, 3.8) is 0 Å². The van der Waals surface area contributed by atoms with Crippen molar-refractivity contribution in [2.45, 2.75) is 38.0 Å². The van der Waals surface area contributed by atoms with Crippen LogP contribution in [0.15, 0.2) is 18.3 Å². The number of nitrogen functional groups attached to an aromatic ring is 1. The Hall–Kier alpha value is -1.76. The SMILES string of the molecule is Nc1cc2c(CNC3CCC3)c(F)cc(C(O)CO)c2cn1. The average molecular weight is 305 g/mol. The standard InChI is InChI=1S/C16H20FN3O2/c17-14-4-11(15(22)8-21)12-6-20-16(18)5-10(12)13(14)7-19-9-2-1-3-9/h4-6,9,15,19,21-22H,1-3,7-8H2,(H2,18,20). The molecule has 0 amide bonds. The first-order chi connectivity index (χ1) is 10.6. The van der Waals surface area contributed by atoms with Gasteiger partial charge in [-0.1, -0.05) is 6.42 Å². The lowest BCUT2D eigenvalue weighted by molar-refractivity contribution is 0.0964. The highest BCUT2D eigenvalue weighted by Crippen LogP contribution is 2.30. The summed E-state index contributed by atoms with van der Waals surface area (Å²) in [6, 6.07) is 3.33. The third-order valence-electron chi connectivity index (χ3n) is 4.34. The molecule has 1 aromatic carbocycles. The molecule has 22 heavy (non-hydrogen) atoms. The highest BCUT2D eigenvalue weighted by molar-refractivity contribution is 5.90. The number of nitrogens with zero attached hydrogens (tertiary/aromatic N) is 1. The van der Waals surface area contributed by atoms with Crippen molar-refractivity contribution in [2.75, 3.05) is 12.3 Å². The second-order valence-corrected chi connectivity index (χ2v) is 5.79. The molecule has 1 aliphatic carbocycles. The molecule has 1 atom stereocenters. The van der Waals surface area contributed by atoms with E-state index in [2.05, 4.69) is 10.3 Å². The van der Waals surface area contributed by atoms with Gasteiger partial charge in [0.1, 0.15) is 17.7 Å². The van der Waals surface area contributed by atoms with Crippen LogP contribution in [0, 0.1) is 5.82 Å².